The van der Waals surface area contributed by atoms with Gasteiger partial charge in [0.15, 0.2) is 0 Å². The molecular formula is C43H29N3S. The molecule has 7 aromatic carbocycles. The van der Waals surface area contributed by atoms with Gasteiger partial charge in [0, 0.05) is 31.8 Å². The molecule has 0 fully saturated rings. The number of nitrogens with zero attached hydrogens (tertiary/aromatic N) is 2. The molecule has 1 aliphatic heterocycles. The average molecular weight is 620 g/mol. The Morgan fingerprint density at radius 3 is 1.94 bits per heavy atom. The van der Waals surface area contributed by atoms with E-state index in [9.17, 15) is 0 Å². The van der Waals surface area contributed by atoms with Crippen LogP contribution in [0.2, 0.25) is 0 Å². The molecule has 3 nitrogen and oxygen atoms in total. The molecule has 1 unspecified atom stereocenters. The first kappa shape index (κ1) is 26.5. The smallest absolute Gasteiger partial charge is 0.0905 e. The van der Waals surface area contributed by atoms with Crippen molar-refractivity contribution in [3.63, 3.8) is 0 Å². The molecule has 0 spiro atoms. The van der Waals surface area contributed by atoms with Crippen LogP contribution in [0.25, 0.3) is 64.2 Å². The van der Waals surface area contributed by atoms with Gasteiger partial charge in [0.05, 0.1) is 27.5 Å². The summed E-state index contributed by atoms with van der Waals surface area (Å²) in [6.45, 7) is 0. The summed E-state index contributed by atoms with van der Waals surface area (Å²) < 4.78 is 5.04. The van der Waals surface area contributed by atoms with Gasteiger partial charge in [0.25, 0.3) is 0 Å². The van der Waals surface area contributed by atoms with Crippen LogP contribution in [0.15, 0.2) is 164 Å². The fourth-order valence-electron chi connectivity index (χ4n) is 7.38. The Kier molecular flexibility index (Phi) is 5.89. The maximum Gasteiger partial charge on any atom is 0.0905 e. The number of hydrazine groups is 1. The number of hydrogen-bond donors (Lipinski definition) is 1. The Bertz CT molecular complexity index is 2600. The highest BCUT2D eigenvalue weighted by molar-refractivity contribution is 7.26. The summed E-state index contributed by atoms with van der Waals surface area (Å²) in [6.07, 6.45) is 0. The number of hydrogen-bond acceptors (Lipinski definition) is 3. The van der Waals surface area contributed by atoms with E-state index in [2.05, 4.69) is 179 Å². The number of nitrogens with one attached hydrogen (secondary N) is 1. The predicted molar refractivity (Wildman–Crippen MR) is 199 cm³/mol. The Morgan fingerprint density at radius 2 is 1.13 bits per heavy atom. The van der Waals surface area contributed by atoms with Crippen LogP contribution >= 0.6 is 11.3 Å². The van der Waals surface area contributed by atoms with Crippen molar-refractivity contribution in [2.75, 3.05) is 5.12 Å². The lowest BCUT2D eigenvalue weighted by atomic mass is 9.97. The Hall–Kier alpha value is -5.68. The van der Waals surface area contributed by atoms with Crippen molar-refractivity contribution in [3.05, 3.63) is 175 Å². The number of fused-ring (bicyclic) bond motifs is 8. The van der Waals surface area contributed by atoms with E-state index in [1.807, 2.05) is 11.3 Å². The van der Waals surface area contributed by atoms with Crippen LogP contribution in [0, 0.1) is 0 Å². The van der Waals surface area contributed by atoms with Crippen molar-refractivity contribution in [1.29, 1.82) is 0 Å². The molecule has 0 aliphatic carbocycles. The minimum absolute atomic E-state index is 0.00808. The van der Waals surface area contributed by atoms with Crippen LogP contribution in [0.5, 0.6) is 0 Å². The summed E-state index contributed by atoms with van der Waals surface area (Å²) in [5, 5.41) is 7.40. The molecule has 2 aromatic heterocycles. The predicted octanol–water partition coefficient (Wildman–Crippen LogP) is 11.4. The van der Waals surface area contributed by atoms with Crippen molar-refractivity contribution in [2.24, 2.45) is 0 Å². The molecule has 3 heterocycles. The minimum Gasteiger partial charge on any atom is -0.236 e. The van der Waals surface area contributed by atoms with Gasteiger partial charge in [-0.3, -0.25) is 0 Å². The maximum absolute atomic E-state index is 3.96. The molecule has 1 aliphatic rings. The molecule has 0 saturated heterocycles. The van der Waals surface area contributed by atoms with E-state index in [4.69, 9.17) is 0 Å². The van der Waals surface area contributed by atoms with E-state index in [-0.39, 0.29) is 6.04 Å². The second-order valence-corrected chi connectivity index (χ2v) is 13.3. The highest BCUT2D eigenvalue weighted by Gasteiger charge is 2.32. The highest BCUT2D eigenvalue weighted by Crippen LogP contribution is 2.45. The van der Waals surface area contributed by atoms with Crippen LogP contribution in [0.3, 0.4) is 0 Å². The molecule has 222 valence electrons. The average Bonchev–Trinajstić information content (AvgIpc) is 3.82. The van der Waals surface area contributed by atoms with E-state index in [0.29, 0.717) is 0 Å². The first-order chi connectivity index (χ1) is 23.3. The van der Waals surface area contributed by atoms with Crippen molar-refractivity contribution >= 4 is 59.0 Å². The Labute approximate surface area is 276 Å². The van der Waals surface area contributed by atoms with Gasteiger partial charge >= 0.3 is 0 Å². The van der Waals surface area contributed by atoms with Crippen LogP contribution in [0.4, 0.5) is 5.69 Å². The quantitative estimate of drug-likeness (QED) is 0.211. The lowest BCUT2D eigenvalue weighted by molar-refractivity contribution is 0.572. The fourth-order valence-corrected chi connectivity index (χ4v) is 8.62. The van der Waals surface area contributed by atoms with E-state index in [1.54, 1.807) is 0 Å². The van der Waals surface area contributed by atoms with Gasteiger partial charge in [0.1, 0.15) is 0 Å². The zero-order valence-corrected chi connectivity index (χ0v) is 26.3. The largest absolute Gasteiger partial charge is 0.236 e. The van der Waals surface area contributed by atoms with E-state index in [0.717, 1.165) is 5.69 Å². The van der Waals surface area contributed by atoms with Gasteiger partial charge in [0.2, 0.25) is 0 Å². The van der Waals surface area contributed by atoms with Gasteiger partial charge in [-0.25, -0.2) is 15.2 Å². The minimum atomic E-state index is 0.00808. The SMILES string of the molecule is c1ccc(-c2ccc(C3NN(n4c5ccc(-c6ccccc6)cc5c5ccc6c7ccccc7sc6c54)c4ccccc43)cc2)cc1. The van der Waals surface area contributed by atoms with Gasteiger partial charge in [-0.1, -0.05) is 140 Å². The maximum atomic E-state index is 3.96. The number of anilines is 1. The molecule has 9 aromatic rings. The zero-order valence-electron chi connectivity index (χ0n) is 25.5. The lowest BCUT2D eigenvalue weighted by Crippen LogP contribution is -2.39. The van der Waals surface area contributed by atoms with E-state index >= 15 is 0 Å². The molecule has 0 saturated carbocycles. The first-order valence-corrected chi connectivity index (χ1v) is 16.9. The van der Waals surface area contributed by atoms with Crippen molar-refractivity contribution in [3.8, 4) is 22.3 Å². The number of benzene rings is 7. The molecule has 4 heteroatoms. The normalized spacial score (nSPS) is 14.5. The van der Waals surface area contributed by atoms with Crippen LogP contribution in [-0.4, -0.2) is 4.68 Å². The summed E-state index contributed by atoms with van der Waals surface area (Å²) in [5.41, 5.74) is 14.9. The van der Waals surface area contributed by atoms with Crippen molar-refractivity contribution in [2.45, 2.75) is 6.04 Å². The molecule has 0 radical (unpaired) electrons. The second kappa shape index (κ2) is 10.4. The van der Waals surface area contributed by atoms with Crippen molar-refractivity contribution < 1.29 is 0 Å². The number of thiophene rings is 1. The topological polar surface area (TPSA) is 20.2 Å². The summed E-state index contributed by atoms with van der Waals surface area (Å²) in [5.74, 6) is 0. The third-order valence-electron chi connectivity index (χ3n) is 9.63. The van der Waals surface area contributed by atoms with Crippen molar-refractivity contribution in [1.82, 2.24) is 10.1 Å². The van der Waals surface area contributed by atoms with Gasteiger partial charge in [-0.05, 0) is 52.1 Å². The van der Waals surface area contributed by atoms with Crippen LogP contribution in [0.1, 0.15) is 17.2 Å². The number of para-hydroxylation sites is 1. The monoisotopic (exact) mass is 619 g/mol. The third kappa shape index (κ3) is 4.09. The molecule has 47 heavy (non-hydrogen) atoms. The third-order valence-corrected chi connectivity index (χ3v) is 10.8. The molecule has 0 bridgehead atoms. The van der Waals surface area contributed by atoms with Gasteiger partial charge in [-0.15, -0.1) is 11.3 Å². The first-order valence-electron chi connectivity index (χ1n) is 16.1. The lowest BCUT2D eigenvalue weighted by Gasteiger charge is -2.25. The van der Waals surface area contributed by atoms with Gasteiger partial charge < -0.3 is 0 Å². The Morgan fingerprint density at radius 1 is 0.489 bits per heavy atom. The molecule has 10 rings (SSSR count). The van der Waals surface area contributed by atoms with Crippen LogP contribution < -0.4 is 10.5 Å². The number of aromatic nitrogens is 1. The van der Waals surface area contributed by atoms with Gasteiger partial charge in [-0.2, -0.15) is 0 Å². The summed E-state index contributed by atoms with van der Waals surface area (Å²) in [6, 6.07) is 59.4. The van der Waals surface area contributed by atoms with E-state index < -0.39 is 0 Å². The van der Waals surface area contributed by atoms with Crippen LogP contribution in [-0.2, 0) is 0 Å². The summed E-state index contributed by atoms with van der Waals surface area (Å²) >= 11 is 1.88. The fraction of sp³-hybridized carbons (Fsp3) is 0.0233. The standard InChI is InChI=1S/C43H29N3S/c1-3-11-28(12-4-1)30-19-21-31(22-20-30)41-36-16-7-9-17-39(36)46(44-41)45-38-26-23-32(29-13-5-2-6-14-29)27-37(38)34-24-25-35-33-15-8-10-18-40(33)47-43(35)42(34)45/h1-27,41,44H. The molecule has 0 amide bonds. The van der Waals surface area contributed by atoms with E-state index in [1.165, 1.54) is 75.4 Å². The molecular weight excluding hydrogens is 591 g/mol. The zero-order chi connectivity index (χ0) is 30.9. The Balaban J connectivity index is 1.20. The summed E-state index contributed by atoms with van der Waals surface area (Å²) in [4.78, 5) is 0. The molecule has 1 atom stereocenters. The summed E-state index contributed by atoms with van der Waals surface area (Å²) in [7, 11) is 0. The second-order valence-electron chi connectivity index (χ2n) is 12.3. The molecule has 1 N–H and O–H groups in total. The highest BCUT2D eigenvalue weighted by atomic mass is 32.1. The number of rotatable bonds is 4.